The Kier molecular flexibility index (Phi) is 3.72. The van der Waals surface area contributed by atoms with E-state index in [0.717, 1.165) is 25.0 Å². The molecule has 5 heteroatoms. The lowest BCUT2D eigenvalue weighted by molar-refractivity contribution is -0.135. The van der Waals surface area contributed by atoms with Gasteiger partial charge in [-0.25, -0.2) is 4.39 Å². The van der Waals surface area contributed by atoms with E-state index in [1.54, 1.807) is 12.1 Å². The second-order valence-corrected chi connectivity index (χ2v) is 5.46. The fourth-order valence-corrected chi connectivity index (χ4v) is 2.98. The summed E-state index contributed by atoms with van der Waals surface area (Å²) < 4.78 is 18.6. The molecule has 0 spiro atoms. The van der Waals surface area contributed by atoms with Gasteiger partial charge in [0.25, 0.3) is 0 Å². The fraction of sp³-hybridized carbons (Fsp3) is 0.533. The summed E-state index contributed by atoms with van der Waals surface area (Å²) in [6.45, 7) is 3.21. The van der Waals surface area contributed by atoms with Crippen LogP contribution in [0.2, 0.25) is 0 Å². The number of benzene rings is 1. The van der Waals surface area contributed by atoms with Gasteiger partial charge < -0.3 is 9.64 Å². The molecule has 2 aliphatic heterocycles. The Hall–Kier alpha value is -1.46. The van der Waals surface area contributed by atoms with Crippen LogP contribution in [0.1, 0.15) is 31.5 Å². The number of carbonyl (C=O) groups is 1. The van der Waals surface area contributed by atoms with E-state index in [0.29, 0.717) is 6.61 Å². The van der Waals surface area contributed by atoms with Crippen molar-refractivity contribution in [1.29, 1.82) is 0 Å². The van der Waals surface area contributed by atoms with E-state index in [-0.39, 0.29) is 30.0 Å². The second kappa shape index (κ2) is 5.50. The van der Waals surface area contributed by atoms with Crippen molar-refractivity contribution >= 4 is 5.91 Å². The lowest BCUT2D eigenvalue weighted by Gasteiger charge is -2.35. The molecule has 0 aromatic heterocycles. The molecule has 1 aromatic carbocycles. The van der Waals surface area contributed by atoms with Gasteiger partial charge in [-0.05, 0) is 37.5 Å². The van der Waals surface area contributed by atoms with Gasteiger partial charge in [0.1, 0.15) is 12.0 Å². The molecule has 20 heavy (non-hydrogen) atoms. The minimum Gasteiger partial charge on any atom is -0.379 e. The molecule has 2 aliphatic rings. The predicted molar refractivity (Wildman–Crippen MR) is 72.4 cm³/mol. The van der Waals surface area contributed by atoms with Crippen LogP contribution >= 0.6 is 0 Å². The van der Waals surface area contributed by atoms with Crippen LogP contribution in [-0.2, 0) is 9.53 Å². The Bertz CT molecular complexity index is 485. The molecule has 2 saturated heterocycles. The molecule has 3 atom stereocenters. The smallest absolute Gasteiger partial charge is 0.241 e. The zero-order valence-electron chi connectivity index (χ0n) is 11.5. The van der Waals surface area contributed by atoms with E-state index in [4.69, 9.17) is 4.74 Å². The maximum atomic E-state index is 13.1. The molecular formula is C15H19FN2O2. The maximum Gasteiger partial charge on any atom is 0.241 e. The number of nitrogens with one attached hydrogen (secondary N) is 1. The van der Waals surface area contributed by atoms with Crippen LogP contribution in [-0.4, -0.2) is 36.1 Å². The van der Waals surface area contributed by atoms with Crippen LogP contribution in [0.5, 0.6) is 0 Å². The first-order chi connectivity index (χ1) is 9.66. The van der Waals surface area contributed by atoms with Gasteiger partial charge in [-0.2, -0.15) is 0 Å². The summed E-state index contributed by atoms with van der Waals surface area (Å²) in [5.41, 5.74) is 0.912. The highest BCUT2D eigenvalue weighted by Crippen LogP contribution is 2.30. The Morgan fingerprint density at radius 2 is 2.10 bits per heavy atom. The van der Waals surface area contributed by atoms with Crippen molar-refractivity contribution < 1.29 is 13.9 Å². The average molecular weight is 278 g/mol. The van der Waals surface area contributed by atoms with Gasteiger partial charge in [-0.1, -0.05) is 12.1 Å². The summed E-state index contributed by atoms with van der Waals surface area (Å²) >= 11 is 0. The van der Waals surface area contributed by atoms with Crippen LogP contribution in [0, 0.1) is 5.82 Å². The van der Waals surface area contributed by atoms with E-state index in [9.17, 15) is 9.18 Å². The second-order valence-electron chi connectivity index (χ2n) is 5.46. The van der Waals surface area contributed by atoms with E-state index in [1.165, 1.54) is 12.1 Å². The lowest BCUT2D eigenvalue weighted by atomic mass is 10.1. The predicted octanol–water partition coefficient (Wildman–Crippen LogP) is 1.82. The van der Waals surface area contributed by atoms with Crippen molar-refractivity contribution in [3.63, 3.8) is 0 Å². The van der Waals surface area contributed by atoms with Crippen LogP contribution in [0.4, 0.5) is 4.39 Å². The fourth-order valence-electron chi connectivity index (χ4n) is 2.98. The van der Waals surface area contributed by atoms with Crippen LogP contribution < -0.4 is 5.32 Å². The van der Waals surface area contributed by atoms with Gasteiger partial charge in [-0.3, -0.25) is 10.1 Å². The van der Waals surface area contributed by atoms with Crippen LogP contribution in [0.25, 0.3) is 0 Å². The van der Waals surface area contributed by atoms with E-state index in [1.807, 2.05) is 11.8 Å². The van der Waals surface area contributed by atoms with Crippen molar-refractivity contribution in [1.82, 2.24) is 10.2 Å². The van der Waals surface area contributed by atoms with Gasteiger partial charge in [0, 0.05) is 6.61 Å². The monoisotopic (exact) mass is 278 g/mol. The number of hydrogen-bond donors (Lipinski definition) is 1. The molecule has 2 fully saturated rings. The van der Waals surface area contributed by atoms with Crippen LogP contribution in [0.15, 0.2) is 24.3 Å². The van der Waals surface area contributed by atoms with Crippen molar-refractivity contribution in [2.24, 2.45) is 0 Å². The highest BCUT2D eigenvalue weighted by molar-refractivity contribution is 5.84. The summed E-state index contributed by atoms with van der Waals surface area (Å²) in [5.74, 6) is -0.173. The molecule has 4 nitrogen and oxygen atoms in total. The quantitative estimate of drug-likeness (QED) is 0.897. The Morgan fingerprint density at radius 1 is 1.35 bits per heavy atom. The molecule has 0 radical (unpaired) electrons. The number of hydrogen-bond acceptors (Lipinski definition) is 3. The molecule has 1 aromatic rings. The van der Waals surface area contributed by atoms with Crippen molar-refractivity contribution in [3.05, 3.63) is 35.6 Å². The lowest BCUT2D eigenvalue weighted by Crippen LogP contribution is -2.44. The van der Waals surface area contributed by atoms with Gasteiger partial charge in [-0.15, -0.1) is 0 Å². The molecular weight excluding hydrogens is 259 g/mol. The largest absolute Gasteiger partial charge is 0.379 e. The van der Waals surface area contributed by atoms with Gasteiger partial charge >= 0.3 is 0 Å². The third-order valence-corrected chi connectivity index (χ3v) is 4.03. The molecule has 0 bridgehead atoms. The average Bonchev–Trinajstić information content (AvgIpc) is 2.77. The molecule has 2 heterocycles. The maximum absolute atomic E-state index is 13.1. The van der Waals surface area contributed by atoms with Crippen molar-refractivity contribution in [2.75, 3.05) is 13.2 Å². The number of amides is 1. The highest BCUT2D eigenvalue weighted by Gasteiger charge is 2.41. The highest BCUT2D eigenvalue weighted by atomic mass is 19.1. The summed E-state index contributed by atoms with van der Waals surface area (Å²) in [6.07, 6.45) is 1.74. The normalized spacial score (nSPS) is 30.8. The van der Waals surface area contributed by atoms with E-state index >= 15 is 0 Å². The molecule has 108 valence electrons. The standard InChI is InChI=1S/C15H19FN2O2/c1-10-15(19)18(13-3-2-8-20-9-13)14(17-10)11-4-6-12(16)7-5-11/h4-7,10,13-14,17H,2-3,8-9H2,1H3. The molecule has 1 amide bonds. The minimum absolute atomic E-state index is 0.0924. The molecule has 3 unspecified atom stereocenters. The molecule has 3 rings (SSSR count). The number of rotatable bonds is 2. The third-order valence-electron chi connectivity index (χ3n) is 4.03. The Labute approximate surface area is 117 Å². The van der Waals surface area contributed by atoms with Gasteiger partial charge in [0.2, 0.25) is 5.91 Å². The molecule has 0 aliphatic carbocycles. The van der Waals surface area contributed by atoms with Crippen LogP contribution in [0.3, 0.4) is 0 Å². The minimum atomic E-state index is -0.265. The summed E-state index contributed by atoms with van der Waals surface area (Å²) in [7, 11) is 0. The summed E-state index contributed by atoms with van der Waals surface area (Å²) in [5, 5.41) is 3.29. The number of carbonyl (C=O) groups excluding carboxylic acids is 1. The molecule has 1 N–H and O–H groups in total. The first-order valence-corrected chi connectivity index (χ1v) is 7.08. The van der Waals surface area contributed by atoms with Crippen molar-refractivity contribution in [2.45, 2.75) is 38.0 Å². The zero-order chi connectivity index (χ0) is 14.1. The first-order valence-electron chi connectivity index (χ1n) is 7.08. The number of nitrogens with zero attached hydrogens (tertiary/aromatic N) is 1. The molecule has 0 saturated carbocycles. The van der Waals surface area contributed by atoms with E-state index < -0.39 is 0 Å². The zero-order valence-corrected chi connectivity index (χ0v) is 11.5. The van der Waals surface area contributed by atoms with E-state index in [2.05, 4.69) is 5.32 Å². The van der Waals surface area contributed by atoms with Gasteiger partial charge in [0.15, 0.2) is 0 Å². The number of ether oxygens (including phenoxy) is 1. The summed E-state index contributed by atoms with van der Waals surface area (Å²) in [6, 6.07) is 6.21. The Morgan fingerprint density at radius 3 is 2.75 bits per heavy atom. The SMILES string of the molecule is CC1NC(c2ccc(F)cc2)N(C2CCCOC2)C1=O. The topological polar surface area (TPSA) is 41.6 Å². The third kappa shape index (κ3) is 2.43. The first kappa shape index (κ1) is 13.5. The van der Waals surface area contributed by atoms with Crippen molar-refractivity contribution in [3.8, 4) is 0 Å². The Balaban J connectivity index is 1.87. The number of halogens is 1. The summed E-state index contributed by atoms with van der Waals surface area (Å²) in [4.78, 5) is 14.3. The van der Waals surface area contributed by atoms with Gasteiger partial charge in [0.05, 0.1) is 18.7 Å².